The van der Waals surface area contributed by atoms with Crippen molar-refractivity contribution in [3.63, 3.8) is 0 Å². The van der Waals surface area contributed by atoms with Gasteiger partial charge in [0, 0.05) is 12.4 Å². The van der Waals surface area contributed by atoms with Crippen LogP contribution in [0.4, 0.5) is 8.78 Å². The lowest BCUT2D eigenvalue weighted by Gasteiger charge is -2.29. The van der Waals surface area contributed by atoms with Gasteiger partial charge in [-0.15, -0.1) is 0 Å². The lowest BCUT2D eigenvalue weighted by molar-refractivity contribution is -0.301. The molecule has 0 bridgehead atoms. The SMILES string of the molecule is CC(C)(C)C(F)(F)OCc1ncccn1. The van der Waals surface area contributed by atoms with Crippen LogP contribution in [0.15, 0.2) is 18.5 Å². The van der Waals surface area contributed by atoms with Crippen molar-refractivity contribution in [1.82, 2.24) is 9.97 Å². The lowest BCUT2D eigenvalue weighted by atomic mass is 9.95. The lowest BCUT2D eigenvalue weighted by Crippen LogP contribution is -2.36. The Morgan fingerprint density at radius 3 is 2.20 bits per heavy atom. The van der Waals surface area contributed by atoms with Crippen molar-refractivity contribution in [3.05, 3.63) is 24.3 Å². The molecule has 1 aromatic heterocycles. The number of ether oxygens (including phenoxy) is 1. The van der Waals surface area contributed by atoms with E-state index in [1.165, 1.54) is 33.2 Å². The van der Waals surface area contributed by atoms with Gasteiger partial charge in [-0.05, 0) is 6.07 Å². The molecule has 3 nitrogen and oxygen atoms in total. The van der Waals surface area contributed by atoms with E-state index < -0.39 is 11.5 Å². The monoisotopic (exact) mass is 216 g/mol. The normalized spacial score (nSPS) is 12.9. The van der Waals surface area contributed by atoms with E-state index in [2.05, 4.69) is 14.7 Å². The molecule has 0 spiro atoms. The third kappa shape index (κ3) is 3.20. The summed E-state index contributed by atoms with van der Waals surface area (Å²) in [5, 5.41) is 0. The second-order valence-corrected chi connectivity index (χ2v) is 4.22. The third-order valence-electron chi connectivity index (χ3n) is 1.87. The average molecular weight is 216 g/mol. The number of aromatic nitrogens is 2. The van der Waals surface area contributed by atoms with Crippen LogP contribution in [0.3, 0.4) is 0 Å². The van der Waals surface area contributed by atoms with Crippen LogP contribution in [0.2, 0.25) is 0 Å². The Balaban J connectivity index is 2.58. The first-order chi connectivity index (χ1) is 6.83. The zero-order valence-electron chi connectivity index (χ0n) is 9.00. The first-order valence-electron chi connectivity index (χ1n) is 4.60. The van der Waals surface area contributed by atoms with Crippen LogP contribution in [0.25, 0.3) is 0 Å². The van der Waals surface area contributed by atoms with Crippen molar-refractivity contribution >= 4 is 0 Å². The molecule has 0 aliphatic heterocycles. The van der Waals surface area contributed by atoms with Gasteiger partial charge in [-0.25, -0.2) is 9.97 Å². The van der Waals surface area contributed by atoms with Crippen molar-refractivity contribution in [2.75, 3.05) is 0 Å². The molecule has 1 heterocycles. The number of hydrogen-bond acceptors (Lipinski definition) is 3. The first kappa shape index (κ1) is 12.0. The molecule has 1 aromatic rings. The molecule has 0 N–H and O–H groups in total. The molecule has 0 saturated carbocycles. The van der Waals surface area contributed by atoms with Gasteiger partial charge in [0.1, 0.15) is 6.61 Å². The molecule has 1 rings (SSSR count). The van der Waals surface area contributed by atoms with Crippen LogP contribution in [-0.4, -0.2) is 16.1 Å². The topological polar surface area (TPSA) is 35.0 Å². The highest BCUT2D eigenvalue weighted by Gasteiger charge is 2.44. The smallest absolute Gasteiger partial charge is 0.312 e. The Morgan fingerprint density at radius 1 is 1.20 bits per heavy atom. The van der Waals surface area contributed by atoms with Gasteiger partial charge in [0.2, 0.25) is 0 Å². The van der Waals surface area contributed by atoms with Crippen molar-refractivity contribution in [2.45, 2.75) is 33.5 Å². The summed E-state index contributed by atoms with van der Waals surface area (Å²) >= 11 is 0. The summed E-state index contributed by atoms with van der Waals surface area (Å²) in [7, 11) is 0. The minimum Gasteiger partial charge on any atom is -0.312 e. The van der Waals surface area contributed by atoms with Crippen molar-refractivity contribution in [2.24, 2.45) is 5.41 Å². The molecule has 0 amide bonds. The molecule has 0 aliphatic carbocycles. The predicted molar refractivity (Wildman–Crippen MR) is 51.2 cm³/mol. The third-order valence-corrected chi connectivity index (χ3v) is 1.87. The van der Waals surface area contributed by atoms with Crippen LogP contribution in [0.1, 0.15) is 26.6 Å². The van der Waals surface area contributed by atoms with Crippen molar-refractivity contribution in [3.8, 4) is 0 Å². The fourth-order valence-corrected chi connectivity index (χ4v) is 0.776. The van der Waals surface area contributed by atoms with Gasteiger partial charge < -0.3 is 4.74 Å². The molecule has 84 valence electrons. The van der Waals surface area contributed by atoms with E-state index in [0.717, 1.165) is 0 Å². The summed E-state index contributed by atoms with van der Waals surface area (Å²) in [6, 6.07) is 1.62. The second-order valence-electron chi connectivity index (χ2n) is 4.22. The first-order valence-corrected chi connectivity index (χ1v) is 4.60. The van der Waals surface area contributed by atoms with Gasteiger partial charge in [0.15, 0.2) is 5.82 Å². The molecule has 0 saturated heterocycles. The van der Waals surface area contributed by atoms with Crippen LogP contribution >= 0.6 is 0 Å². The molecule has 0 unspecified atom stereocenters. The number of hydrogen-bond donors (Lipinski definition) is 0. The highest BCUT2D eigenvalue weighted by Crippen LogP contribution is 2.36. The summed E-state index contributed by atoms with van der Waals surface area (Å²) in [5.41, 5.74) is -1.23. The minimum absolute atomic E-state index is 0.251. The zero-order valence-corrected chi connectivity index (χ0v) is 9.00. The van der Waals surface area contributed by atoms with Crippen LogP contribution in [0.5, 0.6) is 0 Å². The number of rotatable bonds is 3. The number of nitrogens with zero attached hydrogens (tertiary/aromatic N) is 2. The van der Waals surface area contributed by atoms with Gasteiger partial charge in [0.05, 0.1) is 5.41 Å². The molecule has 0 radical (unpaired) electrons. The molecule has 0 atom stereocenters. The molecule has 0 aromatic carbocycles. The Labute approximate surface area is 87.5 Å². The van der Waals surface area contributed by atoms with Crippen molar-refractivity contribution in [1.29, 1.82) is 0 Å². The van der Waals surface area contributed by atoms with E-state index in [1.807, 2.05) is 0 Å². The maximum atomic E-state index is 13.3. The molecular weight excluding hydrogens is 202 g/mol. The highest BCUT2D eigenvalue weighted by atomic mass is 19.3. The van der Waals surface area contributed by atoms with E-state index in [-0.39, 0.29) is 12.4 Å². The second kappa shape index (κ2) is 4.18. The maximum Gasteiger partial charge on any atom is 0.360 e. The largest absolute Gasteiger partial charge is 0.360 e. The van der Waals surface area contributed by atoms with Crippen LogP contribution in [0, 0.1) is 5.41 Å². The zero-order chi connectivity index (χ0) is 11.5. The number of halogens is 2. The molecular formula is C10H14F2N2O. The standard InChI is InChI=1S/C10H14F2N2O/c1-9(2,3)10(11,12)15-7-8-13-5-4-6-14-8/h4-6H,7H2,1-3H3. The summed E-state index contributed by atoms with van der Waals surface area (Å²) < 4.78 is 31.2. The molecule has 15 heavy (non-hydrogen) atoms. The Morgan fingerprint density at radius 2 is 1.73 bits per heavy atom. The van der Waals surface area contributed by atoms with Crippen molar-refractivity contribution < 1.29 is 13.5 Å². The minimum atomic E-state index is -3.19. The van der Waals surface area contributed by atoms with E-state index in [1.54, 1.807) is 6.07 Å². The highest BCUT2D eigenvalue weighted by molar-refractivity contribution is 4.87. The van der Waals surface area contributed by atoms with Gasteiger partial charge in [0.25, 0.3) is 0 Å². The Hall–Kier alpha value is -1.10. The number of alkyl halides is 2. The van der Waals surface area contributed by atoms with E-state index in [0.29, 0.717) is 0 Å². The van der Waals surface area contributed by atoms with Crippen LogP contribution in [-0.2, 0) is 11.3 Å². The average Bonchev–Trinajstić information content (AvgIpc) is 2.15. The Kier molecular flexibility index (Phi) is 3.34. The fraction of sp³-hybridized carbons (Fsp3) is 0.600. The molecule has 0 fully saturated rings. The quantitative estimate of drug-likeness (QED) is 0.779. The van der Waals surface area contributed by atoms with E-state index in [9.17, 15) is 8.78 Å². The summed E-state index contributed by atoms with van der Waals surface area (Å²) in [6.45, 7) is 3.96. The van der Waals surface area contributed by atoms with E-state index >= 15 is 0 Å². The summed E-state index contributed by atoms with van der Waals surface area (Å²) in [4.78, 5) is 7.59. The molecule has 0 aliphatic rings. The fourth-order valence-electron chi connectivity index (χ4n) is 0.776. The predicted octanol–water partition coefficient (Wildman–Crippen LogP) is 2.63. The van der Waals surface area contributed by atoms with Gasteiger partial charge in [-0.3, -0.25) is 0 Å². The van der Waals surface area contributed by atoms with Gasteiger partial charge in [-0.1, -0.05) is 20.8 Å². The van der Waals surface area contributed by atoms with Gasteiger partial charge >= 0.3 is 6.11 Å². The maximum absolute atomic E-state index is 13.3. The Bertz CT molecular complexity index is 309. The molecule has 5 heteroatoms. The van der Waals surface area contributed by atoms with E-state index in [4.69, 9.17) is 0 Å². The van der Waals surface area contributed by atoms with Gasteiger partial charge in [-0.2, -0.15) is 8.78 Å². The summed E-state index contributed by atoms with van der Waals surface area (Å²) in [6.07, 6.45) is -0.214. The van der Waals surface area contributed by atoms with Crippen LogP contribution < -0.4 is 0 Å². The summed E-state index contributed by atoms with van der Waals surface area (Å²) in [5.74, 6) is 0.251.